The predicted molar refractivity (Wildman–Crippen MR) is 138 cm³/mol. The number of hydrogen-bond acceptors (Lipinski definition) is 5. The summed E-state index contributed by atoms with van der Waals surface area (Å²) >= 11 is 0. The first-order chi connectivity index (χ1) is 15.1. The summed E-state index contributed by atoms with van der Waals surface area (Å²) in [5, 5.41) is 9.48. The Hall–Kier alpha value is -2.56. The number of ether oxygens (including phenoxy) is 2. The van der Waals surface area contributed by atoms with Gasteiger partial charge in [-0.1, -0.05) is 6.07 Å². The molecule has 1 atom stereocenters. The molecule has 3 N–H and O–H groups in total. The first-order valence-corrected chi connectivity index (χ1v) is 10.7. The molecule has 9 heteroatoms. The number of aromatic nitrogens is 1. The van der Waals surface area contributed by atoms with Gasteiger partial charge in [-0.25, -0.2) is 0 Å². The van der Waals surface area contributed by atoms with E-state index in [1.54, 1.807) is 24.5 Å². The highest BCUT2D eigenvalue weighted by Gasteiger charge is 2.12. The molecule has 0 saturated heterocycles. The fourth-order valence-corrected chi connectivity index (χ4v) is 2.88. The molecule has 2 rings (SSSR count). The topological polar surface area (TPSA) is 96.9 Å². The van der Waals surface area contributed by atoms with E-state index in [2.05, 4.69) is 32.9 Å². The van der Waals surface area contributed by atoms with E-state index in [-0.39, 0.29) is 35.9 Å². The van der Waals surface area contributed by atoms with E-state index in [1.165, 1.54) is 0 Å². The molecule has 0 radical (unpaired) electrons. The van der Waals surface area contributed by atoms with Crippen LogP contribution in [0.4, 0.5) is 0 Å². The zero-order valence-electron chi connectivity index (χ0n) is 19.2. The summed E-state index contributed by atoms with van der Waals surface area (Å²) in [4.78, 5) is 20.6. The quantitative estimate of drug-likeness (QED) is 0.170. The van der Waals surface area contributed by atoms with Gasteiger partial charge in [-0.15, -0.1) is 24.0 Å². The molecule has 8 nitrogen and oxygen atoms in total. The third-order valence-corrected chi connectivity index (χ3v) is 4.36. The molecule has 0 spiro atoms. The molecule has 1 heterocycles. The van der Waals surface area contributed by atoms with Gasteiger partial charge in [0.1, 0.15) is 0 Å². The second-order valence-corrected chi connectivity index (χ2v) is 6.70. The van der Waals surface area contributed by atoms with Crippen LogP contribution in [0.3, 0.4) is 0 Å². The molecular weight excluding hydrogens is 521 g/mol. The molecule has 32 heavy (non-hydrogen) atoms. The Balaban J connectivity index is 0.00000512. The molecule has 0 aliphatic rings. The Bertz CT molecular complexity index is 849. The number of pyridine rings is 1. The van der Waals surface area contributed by atoms with Crippen molar-refractivity contribution in [1.29, 1.82) is 0 Å². The molecule has 0 bridgehead atoms. The first-order valence-electron chi connectivity index (χ1n) is 10.7. The largest absolute Gasteiger partial charge is 0.490 e. The van der Waals surface area contributed by atoms with Gasteiger partial charge >= 0.3 is 0 Å². The van der Waals surface area contributed by atoms with Crippen molar-refractivity contribution in [3.63, 3.8) is 0 Å². The van der Waals surface area contributed by atoms with Gasteiger partial charge < -0.3 is 25.4 Å². The van der Waals surface area contributed by atoms with E-state index in [9.17, 15) is 4.79 Å². The fraction of sp³-hybridized carbons (Fsp3) is 0.435. The number of benzene rings is 1. The Morgan fingerprint density at radius 2 is 1.84 bits per heavy atom. The molecule has 1 aromatic carbocycles. The highest BCUT2D eigenvalue weighted by atomic mass is 127. The maximum atomic E-state index is 12.1. The molecule has 0 fully saturated rings. The zero-order valence-corrected chi connectivity index (χ0v) is 21.5. The summed E-state index contributed by atoms with van der Waals surface area (Å²) in [7, 11) is 0. The Labute approximate surface area is 207 Å². The van der Waals surface area contributed by atoms with Crippen LogP contribution in [0.15, 0.2) is 47.7 Å². The summed E-state index contributed by atoms with van der Waals surface area (Å²) < 4.78 is 11.4. The summed E-state index contributed by atoms with van der Waals surface area (Å²) in [6, 6.07) is 9.40. The van der Waals surface area contributed by atoms with E-state index < -0.39 is 0 Å². The van der Waals surface area contributed by atoms with Gasteiger partial charge in [0.2, 0.25) is 0 Å². The van der Waals surface area contributed by atoms with E-state index in [0.717, 1.165) is 23.6 Å². The lowest BCUT2D eigenvalue weighted by Gasteiger charge is -2.20. The second kappa shape index (κ2) is 15.3. The van der Waals surface area contributed by atoms with Crippen molar-refractivity contribution in [2.24, 2.45) is 4.99 Å². The van der Waals surface area contributed by atoms with Crippen LogP contribution >= 0.6 is 24.0 Å². The minimum absolute atomic E-state index is 0. The average Bonchev–Trinajstić information content (AvgIpc) is 2.78. The third-order valence-electron chi connectivity index (χ3n) is 4.36. The molecule has 2 aromatic rings. The number of hydrogen-bond donors (Lipinski definition) is 3. The Morgan fingerprint density at radius 3 is 2.50 bits per heavy atom. The van der Waals surface area contributed by atoms with Gasteiger partial charge in [0.25, 0.3) is 5.91 Å². The summed E-state index contributed by atoms with van der Waals surface area (Å²) in [5.74, 6) is 1.99. The monoisotopic (exact) mass is 555 g/mol. The smallest absolute Gasteiger partial charge is 0.252 e. The summed E-state index contributed by atoms with van der Waals surface area (Å²) in [6.07, 6.45) is 3.18. The maximum Gasteiger partial charge on any atom is 0.252 e. The van der Waals surface area contributed by atoms with Crippen LogP contribution in [0.2, 0.25) is 0 Å². The number of nitrogens with one attached hydrogen (secondary N) is 3. The summed E-state index contributed by atoms with van der Waals surface area (Å²) in [6.45, 7) is 10.7. The van der Waals surface area contributed by atoms with Crippen molar-refractivity contribution >= 4 is 35.8 Å². The Kier molecular flexibility index (Phi) is 13.1. The number of amides is 1. The van der Waals surface area contributed by atoms with Crippen molar-refractivity contribution < 1.29 is 14.3 Å². The number of guanidine groups is 1. The predicted octanol–water partition coefficient (Wildman–Crippen LogP) is 3.54. The van der Waals surface area contributed by atoms with Gasteiger partial charge in [0.05, 0.1) is 31.4 Å². The molecule has 0 aliphatic carbocycles. The Morgan fingerprint density at radius 1 is 1.09 bits per heavy atom. The standard InChI is InChI=1S/C23H33N5O3.HI/c1-5-25-23(27-14-13-26-22(29)19-9-8-12-24-16-19)28-17(4)18-10-11-20(30-6-2)21(15-18)31-7-3;/h8-12,15-17H,5-7,13-14H2,1-4H3,(H,26,29)(H2,25,27,28);1H. The maximum absolute atomic E-state index is 12.1. The highest BCUT2D eigenvalue weighted by Crippen LogP contribution is 2.30. The number of carbonyl (C=O) groups is 1. The van der Waals surface area contributed by atoms with Gasteiger partial charge in [0.15, 0.2) is 17.5 Å². The second-order valence-electron chi connectivity index (χ2n) is 6.70. The SMILES string of the molecule is CCNC(=NCCNC(=O)c1cccnc1)NC(C)c1ccc(OCC)c(OCC)c1.I. The highest BCUT2D eigenvalue weighted by molar-refractivity contribution is 14.0. The number of halogens is 1. The number of nitrogens with zero attached hydrogens (tertiary/aromatic N) is 2. The van der Waals surface area contributed by atoms with E-state index in [1.807, 2.05) is 39.0 Å². The number of carbonyl (C=O) groups excluding carboxylic acids is 1. The van der Waals surface area contributed by atoms with Crippen LogP contribution in [0, 0.1) is 0 Å². The number of aliphatic imine (C=N–C) groups is 1. The molecule has 1 unspecified atom stereocenters. The molecule has 0 aliphatic heterocycles. The summed E-state index contributed by atoms with van der Waals surface area (Å²) in [5.41, 5.74) is 1.59. The molecule has 176 valence electrons. The van der Waals surface area contributed by atoms with Crippen molar-refractivity contribution in [1.82, 2.24) is 20.9 Å². The van der Waals surface area contributed by atoms with Crippen LogP contribution in [0.25, 0.3) is 0 Å². The first kappa shape index (κ1) is 27.5. The number of rotatable bonds is 11. The van der Waals surface area contributed by atoms with Crippen molar-refractivity contribution in [3.8, 4) is 11.5 Å². The third kappa shape index (κ3) is 8.89. The van der Waals surface area contributed by atoms with E-state index >= 15 is 0 Å². The van der Waals surface area contributed by atoms with E-state index in [4.69, 9.17) is 9.47 Å². The van der Waals surface area contributed by atoms with Crippen LogP contribution < -0.4 is 25.4 Å². The van der Waals surface area contributed by atoms with Crippen molar-refractivity contribution in [2.75, 3.05) is 32.8 Å². The fourth-order valence-electron chi connectivity index (χ4n) is 2.88. The molecule has 1 aromatic heterocycles. The van der Waals surface area contributed by atoms with E-state index in [0.29, 0.717) is 37.8 Å². The van der Waals surface area contributed by atoms with Crippen LogP contribution in [-0.2, 0) is 0 Å². The lowest BCUT2D eigenvalue weighted by molar-refractivity contribution is 0.0954. The van der Waals surface area contributed by atoms with Gasteiger partial charge in [-0.05, 0) is 57.5 Å². The molecule has 0 saturated carbocycles. The van der Waals surface area contributed by atoms with Crippen LogP contribution in [0.5, 0.6) is 11.5 Å². The average molecular weight is 555 g/mol. The molecule has 1 amide bonds. The lowest BCUT2D eigenvalue weighted by Crippen LogP contribution is -2.39. The van der Waals surface area contributed by atoms with Crippen LogP contribution in [-0.4, -0.2) is 49.7 Å². The van der Waals surface area contributed by atoms with Gasteiger partial charge in [-0.2, -0.15) is 0 Å². The molecular formula is C23H34IN5O3. The van der Waals surface area contributed by atoms with Crippen LogP contribution in [0.1, 0.15) is 49.7 Å². The van der Waals surface area contributed by atoms with Gasteiger partial charge in [-0.3, -0.25) is 14.8 Å². The zero-order chi connectivity index (χ0) is 22.5. The minimum atomic E-state index is -0.160. The van der Waals surface area contributed by atoms with Crippen molar-refractivity contribution in [2.45, 2.75) is 33.7 Å². The van der Waals surface area contributed by atoms with Crippen molar-refractivity contribution in [3.05, 3.63) is 53.9 Å². The normalized spacial score (nSPS) is 11.7. The van der Waals surface area contributed by atoms with Gasteiger partial charge in [0, 0.05) is 25.5 Å². The lowest BCUT2D eigenvalue weighted by atomic mass is 10.1. The minimum Gasteiger partial charge on any atom is -0.490 e.